The minimum Gasteiger partial charge on any atom is -0.355 e. The van der Waals surface area contributed by atoms with Gasteiger partial charge in [0, 0.05) is 23.7 Å². The van der Waals surface area contributed by atoms with E-state index in [0.717, 1.165) is 11.1 Å². The highest BCUT2D eigenvalue weighted by Gasteiger charge is 2.08. The van der Waals surface area contributed by atoms with E-state index >= 15 is 0 Å². The third-order valence-electron chi connectivity index (χ3n) is 3.42. The predicted octanol–water partition coefficient (Wildman–Crippen LogP) is 3.34. The summed E-state index contributed by atoms with van der Waals surface area (Å²) in [5.74, 6) is -0.252. The molecule has 0 bridgehead atoms. The van der Waals surface area contributed by atoms with Gasteiger partial charge < -0.3 is 10.6 Å². The van der Waals surface area contributed by atoms with E-state index in [9.17, 15) is 9.59 Å². The Bertz CT molecular complexity index is 687. The lowest BCUT2D eigenvalue weighted by Gasteiger charge is -2.10. The maximum atomic E-state index is 11.9. The van der Waals surface area contributed by atoms with Gasteiger partial charge in [-0.2, -0.15) is 0 Å². The van der Waals surface area contributed by atoms with Crippen LogP contribution in [0.5, 0.6) is 0 Å². The summed E-state index contributed by atoms with van der Waals surface area (Å²) < 4.78 is 0. The second-order valence-corrected chi connectivity index (χ2v) is 5.63. The van der Waals surface area contributed by atoms with Crippen molar-refractivity contribution in [2.75, 3.05) is 11.9 Å². The van der Waals surface area contributed by atoms with Crippen LogP contribution in [0, 0.1) is 6.92 Å². The maximum absolute atomic E-state index is 11.9. The Hall–Kier alpha value is -2.33. The molecule has 2 aromatic carbocycles. The number of benzene rings is 2. The molecule has 23 heavy (non-hydrogen) atoms. The third kappa shape index (κ3) is 5.42. The fraction of sp³-hybridized carbons (Fsp3) is 0.222. The molecule has 0 fully saturated rings. The zero-order valence-electron chi connectivity index (χ0n) is 12.9. The average molecular weight is 331 g/mol. The van der Waals surface area contributed by atoms with Crippen molar-refractivity contribution in [3.63, 3.8) is 0 Å². The van der Waals surface area contributed by atoms with Crippen molar-refractivity contribution in [3.05, 3.63) is 64.7 Å². The lowest BCUT2D eigenvalue weighted by atomic mass is 10.1. The monoisotopic (exact) mass is 330 g/mol. The Morgan fingerprint density at radius 1 is 1.00 bits per heavy atom. The van der Waals surface area contributed by atoms with Gasteiger partial charge in [0.15, 0.2) is 0 Å². The Balaban J connectivity index is 1.74. The van der Waals surface area contributed by atoms with E-state index in [-0.39, 0.29) is 18.2 Å². The first-order chi connectivity index (χ1) is 11.1. The molecule has 2 amide bonds. The van der Waals surface area contributed by atoms with Gasteiger partial charge in [0.1, 0.15) is 0 Å². The number of amides is 2. The predicted molar refractivity (Wildman–Crippen MR) is 92.6 cm³/mol. The Morgan fingerprint density at radius 2 is 1.74 bits per heavy atom. The van der Waals surface area contributed by atoms with Crippen LogP contribution in [0.15, 0.2) is 48.5 Å². The number of carbonyl (C=O) groups is 2. The zero-order valence-corrected chi connectivity index (χ0v) is 13.7. The van der Waals surface area contributed by atoms with Gasteiger partial charge in [-0.3, -0.25) is 9.59 Å². The van der Waals surface area contributed by atoms with Crippen LogP contribution < -0.4 is 10.6 Å². The molecule has 0 saturated carbocycles. The van der Waals surface area contributed by atoms with Crippen LogP contribution in [-0.2, 0) is 16.0 Å². The average Bonchev–Trinajstić information content (AvgIpc) is 2.53. The molecule has 0 heterocycles. The number of hydrogen-bond donors (Lipinski definition) is 2. The van der Waals surface area contributed by atoms with Crippen molar-refractivity contribution in [1.29, 1.82) is 0 Å². The first kappa shape index (κ1) is 17.0. The lowest BCUT2D eigenvalue weighted by molar-refractivity contribution is -0.120. The summed E-state index contributed by atoms with van der Waals surface area (Å²) in [7, 11) is 0. The van der Waals surface area contributed by atoms with Gasteiger partial charge in [-0.05, 0) is 30.2 Å². The molecule has 5 heteroatoms. The van der Waals surface area contributed by atoms with Crippen LogP contribution in [-0.4, -0.2) is 18.4 Å². The van der Waals surface area contributed by atoms with Gasteiger partial charge in [0.05, 0.1) is 6.42 Å². The molecule has 0 spiro atoms. The Morgan fingerprint density at radius 3 is 2.48 bits per heavy atom. The molecule has 2 aromatic rings. The largest absolute Gasteiger partial charge is 0.355 e. The fourth-order valence-corrected chi connectivity index (χ4v) is 2.29. The highest BCUT2D eigenvalue weighted by molar-refractivity contribution is 6.31. The van der Waals surface area contributed by atoms with Crippen LogP contribution in [0.25, 0.3) is 0 Å². The fourth-order valence-electron chi connectivity index (χ4n) is 2.11. The molecule has 0 radical (unpaired) electrons. The van der Waals surface area contributed by atoms with Crippen molar-refractivity contribution in [3.8, 4) is 0 Å². The van der Waals surface area contributed by atoms with E-state index in [1.165, 1.54) is 0 Å². The van der Waals surface area contributed by atoms with E-state index in [2.05, 4.69) is 10.6 Å². The molecule has 120 valence electrons. The van der Waals surface area contributed by atoms with Crippen LogP contribution >= 0.6 is 11.6 Å². The summed E-state index contributed by atoms with van der Waals surface area (Å²) in [6.07, 6.45) is 0.530. The second-order valence-electron chi connectivity index (χ2n) is 5.22. The number of hydrogen-bond acceptors (Lipinski definition) is 2. The number of rotatable bonds is 6. The summed E-state index contributed by atoms with van der Waals surface area (Å²) in [6, 6.07) is 14.8. The first-order valence-electron chi connectivity index (χ1n) is 7.42. The van der Waals surface area contributed by atoms with Crippen molar-refractivity contribution in [2.24, 2.45) is 0 Å². The smallest absolute Gasteiger partial charge is 0.226 e. The van der Waals surface area contributed by atoms with Crippen LogP contribution in [0.4, 0.5) is 5.69 Å². The minimum absolute atomic E-state index is 0.0945. The van der Waals surface area contributed by atoms with Gasteiger partial charge in [0.2, 0.25) is 11.8 Å². The molecule has 0 saturated heterocycles. The zero-order chi connectivity index (χ0) is 16.7. The molecule has 0 aliphatic heterocycles. The number of halogens is 1. The molecular weight excluding hydrogens is 312 g/mol. The van der Waals surface area contributed by atoms with Crippen molar-refractivity contribution in [2.45, 2.75) is 19.8 Å². The molecule has 0 aliphatic rings. The van der Waals surface area contributed by atoms with Gasteiger partial charge in [-0.1, -0.05) is 48.0 Å². The molecule has 0 aromatic heterocycles. The summed E-state index contributed by atoms with van der Waals surface area (Å²) >= 11 is 6.01. The highest BCUT2D eigenvalue weighted by Crippen LogP contribution is 2.22. The summed E-state index contributed by atoms with van der Waals surface area (Å²) in [4.78, 5) is 23.7. The standard InChI is InChI=1S/C18H19ClN2O2/c1-13-15(19)8-5-9-16(13)21-17(22)10-11-20-18(23)12-14-6-3-2-4-7-14/h2-9H,10-12H2,1H3,(H,20,23)(H,21,22). The molecule has 0 atom stereocenters. The van der Waals surface area contributed by atoms with E-state index in [1.807, 2.05) is 37.3 Å². The Labute approximate surface area is 140 Å². The minimum atomic E-state index is -0.157. The topological polar surface area (TPSA) is 58.2 Å². The molecule has 0 unspecified atom stereocenters. The van der Waals surface area contributed by atoms with E-state index in [1.54, 1.807) is 18.2 Å². The van der Waals surface area contributed by atoms with Gasteiger partial charge in [0.25, 0.3) is 0 Å². The van der Waals surface area contributed by atoms with E-state index in [0.29, 0.717) is 23.7 Å². The highest BCUT2D eigenvalue weighted by atomic mass is 35.5. The molecule has 2 N–H and O–H groups in total. The summed E-state index contributed by atoms with van der Waals surface area (Å²) in [5, 5.41) is 6.16. The quantitative estimate of drug-likeness (QED) is 0.853. The van der Waals surface area contributed by atoms with E-state index in [4.69, 9.17) is 11.6 Å². The first-order valence-corrected chi connectivity index (χ1v) is 7.79. The van der Waals surface area contributed by atoms with Crippen LogP contribution in [0.2, 0.25) is 5.02 Å². The number of anilines is 1. The molecular formula is C18H19ClN2O2. The van der Waals surface area contributed by atoms with Gasteiger partial charge in [-0.15, -0.1) is 0 Å². The third-order valence-corrected chi connectivity index (χ3v) is 3.83. The summed E-state index contributed by atoms with van der Waals surface area (Å²) in [5.41, 5.74) is 2.47. The second kappa shape index (κ2) is 8.34. The van der Waals surface area contributed by atoms with Gasteiger partial charge >= 0.3 is 0 Å². The van der Waals surface area contributed by atoms with E-state index < -0.39 is 0 Å². The normalized spacial score (nSPS) is 10.2. The molecule has 0 aliphatic carbocycles. The number of nitrogens with one attached hydrogen (secondary N) is 2. The maximum Gasteiger partial charge on any atom is 0.226 e. The number of carbonyl (C=O) groups excluding carboxylic acids is 2. The Kier molecular flexibility index (Phi) is 6.18. The van der Waals surface area contributed by atoms with Crippen molar-refractivity contribution < 1.29 is 9.59 Å². The molecule has 4 nitrogen and oxygen atoms in total. The SMILES string of the molecule is Cc1c(Cl)cccc1NC(=O)CCNC(=O)Cc1ccccc1. The van der Waals surface area contributed by atoms with Crippen LogP contribution in [0.3, 0.4) is 0 Å². The van der Waals surface area contributed by atoms with Crippen molar-refractivity contribution in [1.82, 2.24) is 5.32 Å². The molecule has 2 rings (SSSR count). The van der Waals surface area contributed by atoms with Crippen molar-refractivity contribution >= 4 is 29.1 Å². The summed E-state index contributed by atoms with van der Waals surface area (Å²) in [6.45, 7) is 2.15. The van der Waals surface area contributed by atoms with Crippen LogP contribution in [0.1, 0.15) is 17.5 Å². The van der Waals surface area contributed by atoms with Gasteiger partial charge in [-0.25, -0.2) is 0 Å². The lowest BCUT2D eigenvalue weighted by Crippen LogP contribution is -2.29.